The van der Waals surface area contributed by atoms with Gasteiger partial charge in [-0.15, -0.1) is 0 Å². The molecule has 1 aliphatic rings. The fraction of sp³-hybridized carbons (Fsp3) is 0.286. The molecule has 31 heavy (non-hydrogen) atoms. The first kappa shape index (κ1) is 21.1. The Hall–Kier alpha value is -3.11. The maximum absolute atomic E-state index is 13.2. The first-order valence-corrected chi connectivity index (χ1v) is 11.7. The van der Waals surface area contributed by atoms with Gasteiger partial charge in [-0.05, 0) is 24.1 Å². The number of halogens is 1. The molecule has 4 rings (SSSR count). The third kappa shape index (κ3) is 5.15. The average Bonchev–Trinajstić information content (AvgIpc) is 3.36. The number of carbonyl (C=O) groups excluding carboxylic acids is 1. The highest BCUT2D eigenvalue weighted by molar-refractivity contribution is 7.88. The Morgan fingerprint density at radius 3 is 2.58 bits per heavy atom. The highest BCUT2D eigenvalue weighted by Gasteiger charge is 2.39. The largest absolute Gasteiger partial charge is 0.331 e. The summed E-state index contributed by atoms with van der Waals surface area (Å²) in [5.74, 6) is 0.417. The van der Waals surface area contributed by atoms with Gasteiger partial charge >= 0.3 is 0 Å². The zero-order valence-electron chi connectivity index (χ0n) is 16.8. The summed E-state index contributed by atoms with van der Waals surface area (Å²) in [6.45, 7) is 0.207. The lowest BCUT2D eigenvalue weighted by molar-refractivity contribution is -0.131. The zero-order valence-corrected chi connectivity index (χ0v) is 17.6. The van der Waals surface area contributed by atoms with Crippen molar-refractivity contribution in [3.05, 3.63) is 71.8 Å². The summed E-state index contributed by atoms with van der Waals surface area (Å²) in [6.07, 6.45) is 1.53. The fourth-order valence-electron chi connectivity index (χ4n) is 3.78. The summed E-state index contributed by atoms with van der Waals surface area (Å²) < 4.78 is 39.2. The van der Waals surface area contributed by atoms with Gasteiger partial charge in [-0.3, -0.25) is 9.89 Å². The summed E-state index contributed by atoms with van der Waals surface area (Å²) in [4.78, 5) is 19.2. The molecule has 0 radical (unpaired) electrons. The van der Waals surface area contributed by atoms with Gasteiger partial charge in [0.05, 0.1) is 18.7 Å². The van der Waals surface area contributed by atoms with Crippen LogP contribution in [0.15, 0.2) is 54.6 Å². The Labute approximate surface area is 179 Å². The van der Waals surface area contributed by atoms with Crippen molar-refractivity contribution >= 4 is 15.9 Å². The van der Waals surface area contributed by atoms with E-state index in [9.17, 15) is 17.6 Å². The monoisotopic (exact) mass is 443 g/mol. The van der Waals surface area contributed by atoms with Gasteiger partial charge < -0.3 is 4.90 Å². The van der Waals surface area contributed by atoms with Crippen molar-refractivity contribution in [1.29, 1.82) is 0 Å². The molecule has 8 nitrogen and oxygen atoms in total. The highest BCUT2D eigenvalue weighted by atomic mass is 32.2. The van der Waals surface area contributed by atoms with Gasteiger partial charge in [0.2, 0.25) is 15.9 Å². The lowest BCUT2D eigenvalue weighted by atomic mass is 10.1. The van der Waals surface area contributed by atoms with Crippen LogP contribution in [0.25, 0.3) is 11.4 Å². The smallest absolute Gasteiger partial charge is 0.227 e. The normalized spacial score (nSPS) is 19.0. The maximum atomic E-state index is 13.2. The van der Waals surface area contributed by atoms with Crippen LogP contribution in [0.2, 0.25) is 0 Å². The van der Waals surface area contributed by atoms with Crippen LogP contribution < -0.4 is 4.72 Å². The van der Waals surface area contributed by atoms with Gasteiger partial charge in [0.25, 0.3) is 0 Å². The molecule has 2 atom stereocenters. The van der Waals surface area contributed by atoms with Crippen molar-refractivity contribution in [1.82, 2.24) is 24.8 Å². The SMILES string of the molecule is CS(=O)(=O)NC1CC(c2nc(-c3ccccc3)n[nH]2)N(C(=O)Cc2ccc(F)cc2)C1. The summed E-state index contributed by atoms with van der Waals surface area (Å²) in [6, 6.07) is 14.3. The van der Waals surface area contributed by atoms with Crippen LogP contribution >= 0.6 is 0 Å². The van der Waals surface area contributed by atoms with Crippen LogP contribution in [-0.2, 0) is 21.2 Å². The highest BCUT2D eigenvalue weighted by Crippen LogP contribution is 2.32. The van der Waals surface area contributed by atoms with Crippen molar-refractivity contribution in [2.24, 2.45) is 0 Å². The zero-order chi connectivity index (χ0) is 22.0. The number of benzene rings is 2. The molecule has 2 unspecified atom stereocenters. The number of nitrogens with one attached hydrogen (secondary N) is 2. The number of likely N-dealkylation sites (tertiary alicyclic amines) is 1. The molecule has 1 aliphatic heterocycles. The second-order valence-corrected chi connectivity index (χ2v) is 9.38. The summed E-state index contributed by atoms with van der Waals surface area (Å²) in [5, 5.41) is 7.17. The van der Waals surface area contributed by atoms with Crippen LogP contribution in [-0.4, -0.2) is 53.2 Å². The fourth-order valence-corrected chi connectivity index (χ4v) is 4.55. The number of aromatic amines is 1. The molecule has 162 valence electrons. The summed E-state index contributed by atoms with van der Waals surface area (Å²) in [7, 11) is -3.44. The first-order valence-electron chi connectivity index (χ1n) is 9.77. The van der Waals surface area contributed by atoms with Crippen LogP contribution in [0.5, 0.6) is 0 Å². The standard InChI is InChI=1S/C21H22FN5O3S/c1-31(29,30)26-17-12-18(21-23-20(24-25-21)15-5-3-2-4-6-15)27(13-17)19(28)11-14-7-9-16(22)10-8-14/h2-10,17-18,26H,11-13H2,1H3,(H,23,24,25). The maximum Gasteiger partial charge on any atom is 0.227 e. The second-order valence-electron chi connectivity index (χ2n) is 7.60. The van der Waals surface area contributed by atoms with Gasteiger partial charge in [-0.1, -0.05) is 42.5 Å². The third-order valence-electron chi connectivity index (χ3n) is 5.12. The molecule has 2 heterocycles. The minimum absolute atomic E-state index is 0.0715. The Morgan fingerprint density at radius 2 is 1.90 bits per heavy atom. The van der Waals surface area contributed by atoms with Crippen molar-refractivity contribution < 1.29 is 17.6 Å². The number of H-pyrrole nitrogens is 1. The van der Waals surface area contributed by atoms with Crippen LogP contribution in [0, 0.1) is 5.82 Å². The lowest BCUT2D eigenvalue weighted by Gasteiger charge is -2.23. The molecule has 1 saturated heterocycles. The molecular weight excluding hydrogens is 421 g/mol. The van der Waals surface area contributed by atoms with E-state index < -0.39 is 22.1 Å². The molecule has 1 fully saturated rings. The van der Waals surface area contributed by atoms with E-state index in [2.05, 4.69) is 19.9 Å². The quantitative estimate of drug-likeness (QED) is 0.606. The van der Waals surface area contributed by atoms with E-state index in [1.165, 1.54) is 12.1 Å². The van der Waals surface area contributed by atoms with E-state index in [0.717, 1.165) is 11.8 Å². The van der Waals surface area contributed by atoms with Crippen molar-refractivity contribution in [3.8, 4) is 11.4 Å². The van der Waals surface area contributed by atoms with Gasteiger partial charge in [0.15, 0.2) is 5.82 Å². The van der Waals surface area contributed by atoms with E-state index >= 15 is 0 Å². The minimum Gasteiger partial charge on any atom is -0.331 e. The predicted octanol–water partition coefficient (Wildman–Crippen LogP) is 2.04. The van der Waals surface area contributed by atoms with E-state index in [1.807, 2.05) is 30.3 Å². The number of aromatic nitrogens is 3. The molecule has 2 aromatic carbocycles. The molecule has 0 bridgehead atoms. The number of rotatable bonds is 6. The number of carbonyl (C=O) groups is 1. The molecule has 3 aromatic rings. The molecule has 0 aliphatic carbocycles. The van der Waals surface area contributed by atoms with Crippen molar-refractivity contribution in [2.45, 2.75) is 24.9 Å². The number of sulfonamides is 1. The van der Waals surface area contributed by atoms with E-state index in [4.69, 9.17) is 0 Å². The lowest BCUT2D eigenvalue weighted by Crippen LogP contribution is -2.38. The Morgan fingerprint density at radius 1 is 1.19 bits per heavy atom. The third-order valence-corrected chi connectivity index (χ3v) is 5.88. The first-order chi connectivity index (χ1) is 14.8. The number of hydrogen-bond donors (Lipinski definition) is 2. The van der Waals surface area contributed by atoms with E-state index in [1.54, 1.807) is 17.0 Å². The summed E-state index contributed by atoms with van der Waals surface area (Å²) in [5.41, 5.74) is 1.50. The Bertz CT molecular complexity index is 1170. The van der Waals surface area contributed by atoms with Crippen LogP contribution in [0.4, 0.5) is 4.39 Å². The van der Waals surface area contributed by atoms with Crippen molar-refractivity contribution in [2.75, 3.05) is 12.8 Å². The molecule has 2 N–H and O–H groups in total. The van der Waals surface area contributed by atoms with Gasteiger partial charge in [-0.25, -0.2) is 22.5 Å². The van der Waals surface area contributed by atoms with Gasteiger partial charge in [0.1, 0.15) is 11.6 Å². The Kier molecular flexibility index (Phi) is 5.84. The van der Waals surface area contributed by atoms with Crippen LogP contribution in [0.1, 0.15) is 23.9 Å². The predicted molar refractivity (Wildman–Crippen MR) is 113 cm³/mol. The molecule has 0 spiro atoms. The van der Waals surface area contributed by atoms with E-state index in [0.29, 0.717) is 23.6 Å². The van der Waals surface area contributed by atoms with E-state index in [-0.39, 0.29) is 24.7 Å². The number of hydrogen-bond acceptors (Lipinski definition) is 5. The van der Waals surface area contributed by atoms with Crippen LogP contribution in [0.3, 0.4) is 0 Å². The Balaban J connectivity index is 1.58. The number of amides is 1. The second kappa shape index (κ2) is 8.56. The number of nitrogens with zero attached hydrogens (tertiary/aromatic N) is 3. The molecule has 1 amide bonds. The van der Waals surface area contributed by atoms with Gasteiger partial charge in [0, 0.05) is 18.2 Å². The molecular formula is C21H22FN5O3S. The molecule has 10 heteroatoms. The minimum atomic E-state index is -3.44. The van der Waals surface area contributed by atoms with Gasteiger partial charge in [-0.2, -0.15) is 5.10 Å². The molecule has 0 saturated carbocycles. The average molecular weight is 444 g/mol. The summed E-state index contributed by atoms with van der Waals surface area (Å²) >= 11 is 0. The molecule has 1 aromatic heterocycles. The van der Waals surface area contributed by atoms with Crippen molar-refractivity contribution in [3.63, 3.8) is 0 Å². The topological polar surface area (TPSA) is 108 Å².